The summed E-state index contributed by atoms with van der Waals surface area (Å²) < 4.78 is 0. The molecule has 0 spiro atoms. The molecule has 1 fully saturated rings. The van der Waals surface area contributed by atoms with Crippen LogP contribution in [0, 0.1) is 5.92 Å². The summed E-state index contributed by atoms with van der Waals surface area (Å²) in [7, 11) is 0. The zero-order valence-electron chi connectivity index (χ0n) is 10.8. The van der Waals surface area contributed by atoms with Crippen LogP contribution < -0.4 is 5.32 Å². The van der Waals surface area contributed by atoms with E-state index in [1.54, 1.807) is 18.2 Å². The number of carboxylic acid groups (broad SMARTS) is 1. The summed E-state index contributed by atoms with van der Waals surface area (Å²) in [5.74, 6) is -1.21. The van der Waals surface area contributed by atoms with Crippen LogP contribution in [0.5, 0.6) is 0 Å². The minimum absolute atomic E-state index is 0.0651. The highest BCUT2D eigenvalue weighted by Gasteiger charge is 2.29. The average Bonchev–Trinajstić information content (AvgIpc) is 2.37. The van der Waals surface area contributed by atoms with Gasteiger partial charge in [-0.15, -0.1) is 0 Å². The van der Waals surface area contributed by atoms with Crippen LogP contribution in [0.3, 0.4) is 0 Å². The molecule has 1 atom stereocenters. The number of nitrogens with one attached hydrogen (secondary N) is 1. The second kappa shape index (κ2) is 7.69. The fraction of sp³-hybridized carbons (Fsp3) is 0.571. The van der Waals surface area contributed by atoms with Crippen molar-refractivity contribution in [2.45, 2.75) is 45.1 Å². The van der Waals surface area contributed by atoms with Crippen molar-refractivity contribution in [2.75, 3.05) is 0 Å². The Labute approximate surface area is 108 Å². The molecule has 1 saturated carbocycles. The molecule has 0 aliphatic heterocycles. The fourth-order valence-electron chi connectivity index (χ4n) is 2.30. The van der Waals surface area contributed by atoms with Crippen molar-refractivity contribution in [3.8, 4) is 0 Å². The first-order valence-electron chi connectivity index (χ1n) is 6.48. The Morgan fingerprint density at radius 3 is 2.44 bits per heavy atom. The number of hydrogen-bond donors (Lipinski definition) is 2. The number of carboxylic acids is 1. The van der Waals surface area contributed by atoms with E-state index in [0.29, 0.717) is 0 Å². The minimum Gasteiger partial charge on any atom is -0.480 e. The lowest BCUT2D eigenvalue weighted by Crippen LogP contribution is -2.46. The molecule has 0 aromatic rings. The Morgan fingerprint density at radius 1 is 1.22 bits per heavy atom. The summed E-state index contributed by atoms with van der Waals surface area (Å²) in [6.07, 6.45) is 11.5. The molecule has 0 radical (unpaired) electrons. The standard InChI is InChI=1S/C14H21NO3/c1-2-3-5-10-12(16)15-13(14(17)18)11-8-6-4-7-9-11/h2-3,5,10-11,13H,4,6-9H2,1H3,(H,15,16)(H,17,18)/b3-2+,10-5+. The number of hydrogen-bond acceptors (Lipinski definition) is 2. The molecule has 1 unspecified atom stereocenters. The van der Waals surface area contributed by atoms with Gasteiger partial charge < -0.3 is 10.4 Å². The zero-order valence-corrected chi connectivity index (χ0v) is 10.8. The Balaban J connectivity index is 2.56. The number of carbonyl (C=O) groups excluding carboxylic acids is 1. The molecule has 0 bridgehead atoms. The third-order valence-corrected chi connectivity index (χ3v) is 3.24. The van der Waals surface area contributed by atoms with Crippen molar-refractivity contribution in [2.24, 2.45) is 5.92 Å². The maximum Gasteiger partial charge on any atom is 0.326 e. The molecular weight excluding hydrogens is 230 g/mol. The van der Waals surface area contributed by atoms with Crippen LogP contribution in [0.4, 0.5) is 0 Å². The Bertz CT molecular complexity index is 341. The zero-order chi connectivity index (χ0) is 13.4. The largest absolute Gasteiger partial charge is 0.480 e. The van der Waals surface area contributed by atoms with Crippen LogP contribution in [0.2, 0.25) is 0 Å². The maximum absolute atomic E-state index is 11.6. The van der Waals surface area contributed by atoms with Crippen molar-refractivity contribution in [3.05, 3.63) is 24.3 Å². The van der Waals surface area contributed by atoms with E-state index >= 15 is 0 Å². The third-order valence-electron chi connectivity index (χ3n) is 3.24. The van der Waals surface area contributed by atoms with Crippen LogP contribution in [-0.2, 0) is 9.59 Å². The van der Waals surface area contributed by atoms with Gasteiger partial charge in [0, 0.05) is 6.08 Å². The number of amides is 1. The van der Waals surface area contributed by atoms with Crippen molar-refractivity contribution in [1.82, 2.24) is 5.32 Å². The number of aliphatic carboxylic acids is 1. The molecule has 0 aromatic carbocycles. The summed E-state index contributed by atoms with van der Waals surface area (Å²) in [6.45, 7) is 1.85. The van der Waals surface area contributed by atoms with Crippen LogP contribution in [0.15, 0.2) is 24.3 Å². The predicted molar refractivity (Wildman–Crippen MR) is 70.1 cm³/mol. The van der Waals surface area contributed by atoms with Gasteiger partial charge in [-0.05, 0) is 25.7 Å². The quantitative estimate of drug-likeness (QED) is 0.582. The molecule has 1 aliphatic carbocycles. The van der Waals surface area contributed by atoms with E-state index in [9.17, 15) is 14.7 Å². The highest BCUT2D eigenvalue weighted by atomic mass is 16.4. The SMILES string of the molecule is C/C=C/C=C/C(=O)NC(C(=O)O)C1CCCCC1. The van der Waals surface area contributed by atoms with Gasteiger partial charge in [0.1, 0.15) is 6.04 Å². The van der Waals surface area contributed by atoms with E-state index in [2.05, 4.69) is 5.32 Å². The van der Waals surface area contributed by atoms with E-state index in [-0.39, 0.29) is 11.8 Å². The van der Waals surface area contributed by atoms with E-state index in [4.69, 9.17) is 0 Å². The van der Waals surface area contributed by atoms with Gasteiger partial charge in [-0.25, -0.2) is 4.79 Å². The maximum atomic E-state index is 11.6. The highest BCUT2D eigenvalue weighted by molar-refractivity contribution is 5.91. The molecule has 4 heteroatoms. The Kier molecular flexibility index (Phi) is 6.19. The number of allylic oxidation sites excluding steroid dienone is 3. The fourth-order valence-corrected chi connectivity index (χ4v) is 2.30. The van der Waals surface area contributed by atoms with Crippen molar-refractivity contribution in [1.29, 1.82) is 0 Å². The van der Waals surface area contributed by atoms with Gasteiger partial charge in [-0.1, -0.05) is 37.5 Å². The summed E-state index contributed by atoms with van der Waals surface area (Å²) in [4.78, 5) is 22.8. The second-order valence-electron chi connectivity index (χ2n) is 4.61. The molecule has 1 aliphatic rings. The first-order chi connectivity index (χ1) is 8.65. The van der Waals surface area contributed by atoms with Gasteiger partial charge in [0.05, 0.1) is 0 Å². The number of rotatable bonds is 5. The van der Waals surface area contributed by atoms with Crippen LogP contribution in [0.25, 0.3) is 0 Å². The monoisotopic (exact) mass is 251 g/mol. The molecule has 18 heavy (non-hydrogen) atoms. The first kappa shape index (κ1) is 14.5. The third kappa shape index (κ3) is 4.73. The van der Waals surface area contributed by atoms with Crippen LogP contribution >= 0.6 is 0 Å². The van der Waals surface area contributed by atoms with Gasteiger partial charge >= 0.3 is 5.97 Å². The molecule has 0 heterocycles. The van der Waals surface area contributed by atoms with Gasteiger partial charge in [0.15, 0.2) is 0 Å². The lowest BCUT2D eigenvalue weighted by molar-refractivity contribution is -0.143. The molecule has 1 amide bonds. The molecule has 4 nitrogen and oxygen atoms in total. The van der Waals surface area contributed by atoms with Gasteiger partial charge in [-0.2, -0.15) is 0 Å². The summed E-state index contributed by atoms with van der Waals surface area (Å²) in [5, 5.41) is 11.8. The van der Waals surface area contributed by atoms with E-state index in [0.717, 1.165) is 32.1 Å². The lowest BCUT2D eigenvalue weighted by Gasteiger charge is -2.27. The molecule has 2 N–H and O–H groups in total. The normalized spacial score (nSPS) is 19.2. The smallest absolute Gasteiger partial charge is 0.326 e. The van der Waals surface area contributed by atoms with Crippen molar-refractivity contribution in [3.63, 3.8) is 0 Å². The van der Waals surface area contributed by atoms with Gasteiger partial charge in [0.25, 0.3) is 0 Å². The number of carbonyl (C=O) groups is 2. The first-order valence-corrected chi connectivity index (χ1v) is 6.48. The van der Waals surface area contributed by atoms with E-state index < -0.39 is 12.0 Å². The molecular formula is C14H21NO3. The molecule has 0 saturated heterocycles. The average molecular weight is 251 g/mol. The van der Waals surface area contributed by atoms with Gasteiger partial charge in [-0.3, -0.25) is 4.79 Å². The highest BCUT2D eigenvalue weighted by Crippen LogP contribution is 2.26. The van der Waals surface area contributed by atoms with E-state index in [1.165, 1.54) is 6.08 Å². The Hall–Kier alpha value is -1.58. The summed E-state index contributed by atoms with van der Waals surface area (Å²) >= 11 is 0. The van der Waals surface area contributed by atoms with Crippen LogP contribution in [0.1, 0.15) is 39.0 Å². The van der Waals surface area contributed by atoms with Crippen molar-refractivity contribution < 1.29 is 14.7 Å². The molecule has 100 valence electrons. The predicted octanol–water partition coefficient (Wildman–Crippen LogP) is 2.27. The summed E-state index contributed by atoms with van der Waals surface area (Å²) in [6, 6.07) is -0.756. The van der Waals surface area contributed by atoms with E-state index in [1.807, 2.05) is 6.92 Å². The minimum atomic E-state index is -0.935. The Morgan fingerprint density at radius 2 is 1.89 bits per heavy atom. The van der Waals surface area contributed by atoms with Gasteiger partial charge in [0.2, 0.25) is 5.91 Å². The topological polar surface area (TPSA) is 66.4 Å². The lowest BCUT2D eigenvalue weighted by atomic mass is 9.84. The molecule has 1 rings (SSSR count). The second-order valence-corrected chi connectivity index (χ2v) is 4.61. The summed E-state index contributed by atoms with van der Waals surface area (Å²) in [5.41, 5.74) is 0. The van der Waals surface area contributed by atoms with Crippen LogP contribution in [-0.4, -0.2) is 23.0 Å². The van der Waals surface area contributed by atoms with Crippen molar-refractivity contribution >= 4 is 11.9 Å². The molecule has 0 aromatic heterocycles.